The van der Waals surface area contributed by atoms with Crippen LogP contribution in [0, 0.1) is 0 Å². The summed E-state index contributed by atoms with van der Waals surface area (Å²) in [6.45, 7) is 4.60. The van der Waals surface area contributed by atoms with Crippen molar-refractivity contribution in [3.05, 3.63) is 23.3 Å². The molecule has 0 radical (unpaired) electrons. The normalized spacial score (nSPS) is 20.4. The molecule has 2 aliphatic rings. The maximum atomic E-state index is 12.2. The lowest BCUT2D eigenvalue weighted by Gasteiger charge is -2.26. The quantitative estimate of drug-likeness (QED) is 0.885. The van der Waals surface area contributed by atoms with Gasteiger partial charge in [0.25, 0.3) is 0 Å². The molecule has 2 heterocycles. The average Bonchev–Trinajstić information content (AvgIpc) is 2.66. The molecule has 100 valence electrons. The minimum Gasteiger partial charge on any atom is -0.326 e. The number of nitrogens with zero attached hydrogens (tertiary/aromatic N) is 1. The Balaban J connectivity index is 2.06. The maximum absolute atomic E-state index is 12.2. The molecule has 2 amide bonds. The summed E-state index contributed by atoms with van der Waals surface area (Å²) in [6.07, 6.45) is 2.44. The van der Waals surface area contributed by atoms with E-state index >= 15 is 0 Å². The van der Waals surface area contributed by atoms with Crippen LogP contribution >= 0.6 is 0 Å². The van der Waals surface area contributed by atoms with Crippen molar-refractivity contribution in [3.63, 3.8) is 0 Å². The number of anilines is 2. The first kappa shape index (κ1) is 12.2. The highest BCUT2D eigenvalue weighted by atomic mass is 16.2. The molecule has 4 nitrogen and oxygen atoms in total. The number of carbonyl (C=O) groups is 2. The number of aryl methyl sites for hydroxylation is 1. The van der Waals surface area contributed by atoms with E-state index in [2.05, 4.69) is 5.32 Å². The smallest absolute Gasteiger partial charge is 0.234 e. The van der Waals surface area contributed by atoms with Crippen LogP contribution in [0.3, 0.4) is 0 Å². The van der Waals surface area contributed by atoms with Crippen molar-refractivity contribution in [1.29, 1.82) is 0 Å². The molecule has 1 atom stereocenters. The molecule has 0 bridgehead atoms. The summed E-state index contributed by atoms with van der Waals surface area (Å²) in [5.41, 5.74) is 4.17. The highest BCUT2D eigenvalue weighted by Crippen LogP contribution is 2.44. The average molecular weight is 258 g/mol. The Morgan fingerprint density at radius 1 is 1.47 bits per heavy atom. The van der Waals surface area contributed by atoms with Crippen molar-refractivity contribution in [3.8, 4) is 0 Å². The molecule has 19 heavy (non-hydrogen) atoms. The largest absolute Gasteiger partial charge is 0.326 e. The van der Waals surface area contributed by atoms with Gasteiger partial charge >= 0.3 is 0 Å². The van der Waals surface area contributed by atoms with Crippen molar-refractivity contribution in [2.45, 2.75) is 39.0 Å². The molecular formula is C15H18N2O2. The molecular weight excluding hydrogens is 240 g/mol. The van der Waals surface area contributed by atoms with E-state index in [1.54, 1.807) is 0 Å². The van der Waals surface area contributed by atoms with Gasteiger partial charge in [-0.25, -0.2) is 0 Å². The number of hydrogen-bond acceptors (Lipinski definition) is 2. The van der Waals surface area contributed by atoms with Crippen molar-refractivity contribution in [2.75, 3.05) is 16.8 Å². The lowest BCUT2D eigenvalue weighted by Crippen LogP contribution is -2.32. The van der Waals surface area contributed by atoms with Crippen molar-refractivity contribution in [2.24, 2.45) is 0 Å². The van der Waals surface area contributed by atoms with Gasteiger partial charge in [0.05, 0.1) is 11.6 Å². The van der Waals surface area contributed by atoms with Crippen LogP contribution in [0.5, 0.6) is 0 Å². The van der Waals surface area contributed by atoms with Crippen LogP contribution in [-0.2, 0) is 16.0 Å². The molecule has 0 aliphatic carbocycles. The van der Waals surface area contributed by atoms with E-state index in [-0.39, 0.29) is 17.7 Å². The van der Waals surface area contributed by atoms with Crippen LogP contribution in [-0.4, -0.2) is 18.4 Å². The van der Waals surface area contributed by atoms with Crippen LogP contribution in [0.25, 0.3) is 0 Å². The molecule has 0 aromatic heterocycles. The Morgan fingerprint density at radius 2 is 2.26 bits per heavy atom. The molecule has 4 heteroatoms. The highest BCUT2D eigenvalue weighted by molar-refractivity contribution is 6.06. The number of amides is 2. The second-order valence-corrected chi connectivity index (χ2v) is 5.29. The molecule has 3 rings (SSSR count). The fourth-order valence-electron chi connectivity index (χ4n) is 3.02. The van der Waals surface area contributed by atoms with Crippen LogP contribution < -0.4 is 10.2 Å². The first-order chi connectivity index (χ1) is 9.11. The van der Waals surface area contributed by atoms with E-state index in [0.29, 0.717) is 6.42 Å². The zero-order chi connectivity index (χ0) is 13.6. The van der Waals surface area contributed by atoms with Gasteiger partial charge in [0, 0.05) is 18.7 Å². The molecule has 0 saturated carbocycles. The van der Waals surface area contributed by atoms with Gasteiger partial charge < -0.3 is 10.2 Å². The molecule has 0 fully saturated rings. The van der Waals surface area contributed by atoms with Gasteiger partial charge in [-0.1, -0.05) is 6.92 Å². The van der Waals surface area contributed by atoms with E-state index < -0.39 is 0 Å². The zero-order valence-corrected chi connectivity index (χ0v) is 11.3. The highest BCUT2D eigenvalue weighted by Gasteiger charge is 2.37. The van der Waals surface area contributed by atoms with Gasteiger partial charge in [-0.15, -0.1) is 0 Å². The SMILES string of the molecule is CCC(=O)Nc1cc2c3c(c1)C(C)C(=O)N3CCC2. The summed E-state index contributed by atoms with van der Waals surface area (Å²) in [6, 6.07) is 3.98. The van der Waals surface area contributed by atoms with E-state index in [1.165, 1.54) is 5.56 Å². The van der Waals surface area contributed by atoms with Crippen molar-refractivity contribution < 1.29 is 9.59 Å². The third-order valence-electron chi connectivity index (χ3n) is 4.02. The van der Waals surface area contributed by atoms with Gasteiger partial charge in [-0.2, -0.15) is 0 Å². The number of benzene rings is 1. The molecule has 1 unspecified atom stereocenters. The number of hydrogen-bond donors (Lipinski definition) is 1. The summed E-state index contributed by atoms with van der Waals surface area (Å²) < 4.78 is 0. The predicted molar refractivity (Wildman–Crippen MR) is 74.5 cm³/mol. The zero-order valence-electron chi connectivity index (χ0n) is 11.3. The third kappa shape index (κ3) is 1.82. The van der Waals surface area contributed by atoms with Crippen LogP contribution in [0.1, 0.15) is 43.7 Å². The lowest BCUT2D eigenvalue weighted by atomic mass is 9.96. The summed E-state index contributed by atoms with van der Waals surface area (Å²) in [7, 11) is 0. The Kier molecular flexibility index (Phi) is 2.81. The fraction of sp³-hybridized carbons (Fsp3) is 0.467. The summed E-state index contributed by atoms with van der Waals surface area (Å²) in [5, 5.41) is 2.90. The minimum atomic E-state index is -0.0923. The van der Waals surface area contributed by atoms with E-state index in [0.717, 1.165) is 36.3 Å². The summed E-state index contributed by atoms with van der Waals surface area (Å²) in [5.74, 6) is 0.108. The fourth-order valence-corrected chi connectivity index (χ4v) is 3.02. The van der Waals surface area contributed by atoms with Gasteiger partial charge in [-0.05, 0) is 43.0 Å². The summed E-state index contributed by atoms with van der Waals surface area (Å²) in [4.78, 5) is 25.6. The van der Waals surface area contributed by atoms with Crippen LogP contribution in [0.4, 0.5) is 11.4 Å². The van der Waals surface area contributed by atoms with E-state index in [9.17, 15) is 9.59 Å². The van der Waals surface area contributed by atoms with E-state index in [1.807, 2.05) is 30.9 Å². The van der Waals surface area contributed by atoms with Crippen molar-refractivity contribution >= 4 is 23.2 Å². The number of carbonyl (C=O) groups excluding carboxylic acids is 2. The molecule has 0 spiro atoms. The Bertz CT molecular complexity index is 566. The van der Waals surface area contributed by atoms with Gasteiger partial charge in [0.1, 0.15) is 0 Å². The lowest BCUT2D eigenvalue weighted by molar-refractivity contribution is -0.119. The van der Waals surface area contributed by atoms with E-state index in [4.69, 9.17) is 0 Å². The molecule has 2 aliphatic heterocycles. The third-order valence-corrected chi connectivity index (χ3v) is 4.02. The molecule has 1 N–H and O–H groups in total. The first-order valence-corrected chi connectivity index (χ1v) is 6.90. The Morgan fingerprint density at radius 3 is 3.00 bits per heavy atom. The molecule has 0 saturated heterocycles. The van der Waals surface area contributed by atoms with Crippen LogP contribution in [0.15, 0.2) is 12.1 Å². The second kappa shape index (κ2) is 4.37. The predicted octanol–water partition coefficient (Wildman–Crippen LogP) is 2.43. The number of nitrogens with one attached hydrogen (secondary N) is 1. The van der Waals surface area contributed by atoms with Gasteiger partial charge in [-0.3, -0.25) is 9.59 Å². The molecule has 1 aromatic carbocycles. The summed E-state index contributed by atoms with van der Waals surface area (Å²) >= 11 is 0. The van der Waals surface area contributed by atoms with Gasteiger partial charge in [0.2, 0.25) is 11.8 Å². The Labute approximate surface area is 112 Å². The first-order valence-electron chi connectivity index (χ1n) is 6.90. The maximum Gasteiger partial charge on any atom is 0.234 e. The second-order valence-electron chi connectivity index (χ2n) is 5.29. The topological polar surface area (TPSA) is 49.4 Å². The monoisotopic (exact) mass is 258 g/mol. The van der Waals surface area contributed by atoms with Crippen molar-refractivity contribution in [1.82, 2.24) is 0 Å². The van der Waals surface area contributed by atoms with Gasteiger partial charge in [0.15, 0.2) is 0 Å². The minimum absolute atomic E-state index is 0.0109. The number of rotatable bonds is 2. The molecule has 1 aromatic rings. The Hall–Kier alpha value is -1.84. The van der Waals surface area contributed by atoms with Crippen LogP contribution in [0.2, 0.25) is 0 Å². The standard InChI is InChI=1S/C15H18N2O2/c1-3-13(18)16-11-7-10-5-4-6-17-14(10)12(8-11)9(2)15(17)19/h7-9H,3-6H2,1-2H3,(H,16,18).